The molecule has 0 aliphatic carbocycles. The Balaban J connectivity index is 1.23. The Kier molecular flexibility index (Phi) is 7.36. The zero-order valence-electron chi connectivity index (χ0n) is 17.6. The second-order valence-corrected chi connectivity index (χ2v) is 9.82. The number of piperazine rings is 1. The van der Waals surface area contributed by atoms with Crippen LogP contribution < -0.4 is 9.80 Å². The number of nitrogens with zero attached hydrogens (tertiary/aromatic N) is 3. The van der Waals surface area contributed by atoms with Crippen LogP contribution in [0.15, 0.2) is 36.4 Å². The maximum Gasteiger partial charge on any atom is 0.0825 e. The van der Waals surface area contributed by atoms with Crippen molar-refractivity contribution in [1.82, 2.24) is 4.90 Å². The number of anilines is 2. The quantitative estimate of drug-likeness (QED) is 0.516. The van der Waals surface area contributed by atoms with E-state index >= 15 is 0 Å². The molecule has 2 aliphatic heterocycles. The van der Waals surface area contributed by atoms with E-state index in [1.54, 1.807) is 0 Å². The van der Waals surface area contributed by atoms with Crippen LogP contribution in [0.3, 0.4) is 0 Å². The number of benzene rings is 2. The normalized spacial score (nSPS) is 20.2. The molecule has 1 unspecified atom stereocenters. The van der Waals surface area contributed by atoms with Gasteiger partial charge in [0.1, 0.15) is 0 Å². The Morgan fingerprint density at radius 2 is 1.77 bits per heavy atom. The molecule has 2 aromatic rings. The first kappa shape index (κ1) is 22.1. The summed E-state index contributed by atoms with van der Waals surface area (Å²) in [6.07, 6.45) is 4.96. The molecule has 3 nitrogen and oxygen atoms in total. The van der Waals surface area contributed by atoms with E-state index in [0.29, 0.717) is 10.0 Å². The van der Waals surface area contributed by atoms with E-state index < -0.39 is 0 Å². The highest BCUT2D eigenvalue weighted by Crippen LogP contribution is 2.33. The number of hydrogen-bond acceptors (Lipinski definition) is 3. The van der Waals surface area contributed by atoms with Gasteiger partial charge in [-0.3, -0.25) is 4.90 Å². The zero-order chi connectivity index (χ0) is 21.1. The molecule has 0 amide bonds. The molecule has 2 aromatic carbocycles. The standard InChI is InChI=1S/C24H30Cl3N3/c1-28-17-18(7-8-19-9-10-20(25)16-23(19)28)4-3-11-29-12-14-30(15-13-29)22-6-2-5-21(26)24(22)27/h2,5-6,9-10,16,18H,3-4,7-8,11-15,17H2,1H3. The molecule has 1 saturated heterocycles. The molecular weight excluding hydrogens is 437 g/mol. The zero-order valence-corrected chi connectivity index (χ0v) is 19.9. The number of aryl methyl sites for hydroxylation is 1. The molecular formula is C24H30Cl3N3. The molecule has 2 heterocycles. The second-order valence-electron chi connectivity index (χ2n) is 8.60. The van der Waals surface area contributed by atoms with Crippen LogP contribution in [0.5, 0.6) is 0 Å². The molecule has 1 fully saturated rings. The topological polar surface area (TPSA) is 9.72 Å². The fourth-order valence-corrected chi connectivity index (χ4v) is 5.41. The van der Waals surface area contributed by atoms with Crippen LogP contribution in [-0.4, -0.2) is 51.2 Å². The van der Waals surface area contributed by atoms with E-state index in [1.165, 1.54) is 37.1 Å². The summed E-state index contributed by atoms with van der Waals surface area (Å²) in [5, 5.41) is 2.14. The predicted molar refractivity (Wildman–Crippen MR) is 131 cm³/mol. The third kappa shape index (κ3) is 5.19. The highest BCUT2D eigenvalue weighted by molar-refractivity contribution is 6.43. The summed E-state index contributed by atoms with van der Waals surface area (Å²) in [4.78, 5) is 7.34. The van der Waals surface area contributed by atoms with Gasteiger partial charge in [-0.25, -0.2) is 0 Å². The van der Waals surface area contributed by atoms with E-state index in [9.17, 15) is 0 Å². The first-order valence-electron chi connectivity index (χ1n) is 10.9. The van der Waals surface area contributed by atoms with Crippen LogP contribution >= 0.6 is 34.8 Å². The van der Waals surface area contributed by atoms with Gasteiger partial charge in [-0.15, -0.1) is 0 Å². The molecule has 1 atom stereocenters. The third-order valence-electron chi connectivity index (χ3n) is 6.54. The first-order chi connectivity index (χ1) is 14.5. The molecule has 0 saturated carbocycles. The minimum Gasteiger partial charge on any atom is -0.374 e. The third-order valence-corrected chi connectivity index (χ3v) is 7.59. The number of fused-ring (bicyclic) bond motifs is 1. The Morgan fingerprint density at radius 3 is 2.57 bits per heavy atom. The Hall–Kier alpha value is -1.13. The van der Waals surface area contributed by atoms with E-state index in [4.69, 9.17) is 34.8 Å². The molecule has 0 radical (unpaired) electrons. The van der Waals surface area contributed by atoms with Crippen molar-refractivity contribution in [1.29, 1.82) is 0 Å². The predicted octanol–water partition coefficient (Wildman–Crippen LogP) is 6.25. The van der Waals surface area contributed by atoms with Crippen molar-refractivity contribution < 1.29 is 0 Å². The van der Waals surface area contributed by atoms with Crippen LogP contribution in [0.2, 0.25) is 15.1 Å². The van der Waals surface area contributed by atoms with Gasteiger partial charge in [0.25, 0.3) is 0 Å². The fourth-order valence-electron chi connectivity index (χ4n) is 4.83. The molecule has 0 aromatic heterocycles. The van der Waals surface area contributed by atoms with E-state index in [1.807, 2.05) is 18.2 Å². The van der Waals surface area contributed by atoms with E-state index in [0.717, 1.165) is 55.8 Å². The summed E-state index contributed by atoms with van der Waals surface area (Å²) in [5.41, 5.74) is 3.80. The molecule has 4 rings (SSSR count). The average molecular weight is 467 g/mol. The van der Waals surface area contributed by atoms with Gasteiger partial charge in [0.2, 0.25) is 0 Å². The summed E-state index contributed by atoms with van der Waals surface area (Å²) in [6, 6.07) is 12.2. The molecule has 0 bridgehead atoms. The maximum absolute atomic E-state index is 6.40. The van der Waals surface area contributed by atoms with Gasteiger partial charge in [-0.05, 0) is 68.0 Å². The summed E-state index contributed by atoms with van der Waals surface area (Å²) in [5.74, 6) is 0.743. The smallest absolute Gasteiger partial charge is 0.0825 e. The number of hydrogen-bond donors (Lipinski definition) is 0. The Labute approximate surface area is 195 Å². The van der Waals surface area contributed by atoms with Crippen LogP contribution in [0.1, 0.15) is 24.8 Å². The maximum atomic E-state index is 6.40. The molecule has 0 N–H and O–H groups in total. The number of halogens is 3. The minimum absolute atomic E-state index is 0.634. The first-order valence-corrected chi connectivity index (χ1v) is 12.1. The van der Waals surface area contributed by atoms with Crippen molar-refractivity contribution in [3.05, 3.63) is 57.0 Å². The lowest BCUT2D eigenvalue weighted by Crippen LogP contribution is -2.46. The van der Waals surface area contributed by atoms with Gasteiger partial charge in [-0.1, -0.05) is 46.9 Å². The summed E-state index contributed by atoms with van der Waals surface area (Å²) in [7, 11) is 2.20. The van der Waals surface area contributed by atoms with Crippen molar-refractivity contribution in [2.24, 2.45) is 5.92 Å². The van der Waals surface area contributed by atoms with Crippen LogP contribution in [0.25, 0.3) is 0 Å². The molecule has 162 valence electrons. The highest BCUT2D eigenvalue weighted by Gasteiger charge is 2.22. The average Bonchev–Trinajstić information content (AvgIpc) is 2.89. The van der Waals surface area contributed by atoms with Crippen LogP contribution in [-0.2, 0) is 6.42 Å². The summed E-state index contributed by atoms with van der Waals surface area (Å²) >= 11 is 18.8. The van der Waals surface area contributed by atoms with Gasteiger partial charge in [0.05, 0.1) is 15.7 Å². The van der Waals surface area contributed by atoms with Crippen LogP contribution in [0, 0.1) is 5.92 Å². The monoisotopic (exact) mass is 465 g/mol. The van der Waals surface area contributed by atoms with Crippen molar-refractivity contribution in [2.45, 2.75) is 25.7 Å². The highest BCUT2D eigenvalue weighted by atomic mass is 35.5. The van der Waals surface area contributed by atoms with Crippen LogP contribution in [0.4, 0.5) is 11.4 Å². The number of rotatable bonds is 5. The molecule has 30 heavy (non-hydrogen) atoms. The minimum atomic E-state index is 0.634. The molecule has 2 aliphatic rings. The fraction of sp³-hybridized carbons (Fsp3) is 0.500. The van der Waals surface area contributed by atoms with Gasteiger partial charge in [-0.2, -0.15) is 0 Å². The molecule has 0 spiro atoms. The Morgan fingerprint density at radius 1 is 0.967 bits per heavy atom. The Bertz CT molecular complexity index is 865. The SMILES string of the molecule is CN1CC(CCCN2CCN(c3cccc(Cl)c3Cl)CC2)CCc2ccc(Cl)cc21. The van der Waals surface area contributed by atoms with Gasteiger partial charge in [0.15, 0.2) is 0 Å². The second kappa shape index (κ2) is 9.99. The van der Waals surface area contributed by atoms with Crippen molar-refractivity contribution >= 4 is 46.2 Å². The van der Waals surface area contributed by atoms with Crippen molar-refractivity contribution in [2.75, 3.05) is 56.1 Å². The van der Waals surface area contributed by atoms with Crippen molar-refractivity contribution in [3.8, 4) is 0 Å². The van der Waals surface area contributed by atoms with Gasteiger partial charge >= 0.3 is 0 Å². The van der Waals surface area contributed by atoms with E-state index in [2.05, 4.69) is 39.9 Å². The lowest BCUT2D eigenvalue weighted by atomic mass is 9.96. The van der Waals surface area contributed by atoms with Gasteiger partial charge in [0, 0.05) is 50.5 Å². The van der Waals surface area contributed by atoms with Crippen molar-refractivity contribution in [3.63, 3.8) is 0 Å². The summed E-state index contributed by atoms with van der Waals surface area (Å²) in [6.45, 7) is 6.46. The van der Waals surface area contributed by atoms with E-state index in [-0.39, 0.29) is 0 Å². The lowest BCUT2D eigenvalue weighted by molar-refractivity contribution is 0.245. The lowest BCUT2D eigenvalue weighted by Gasteiger charge is -2.36. The summed E-state index contributed by atoms with van der Waals surface area (Å²) < 4.78 is 0. The van der Waals surface area contributed by atoms with Gasteiger partial charge < -0.3 is 9.80 Å². The largest absolute Gasteiger partial charge is 0.374 e. The molecule has 6 heteroatoms.